The summed E-state index contributed by atoms with van der Waals surface area (Å²) in [6.45, 7) is 6.07. The van der Waals surface area contributed by atoms with Gasteiger partial charge >= 0.3 is 6.03 Å². The molecule has 1 aromatic rings. The Kier molecular flexibility index (Phi) is 6.59. The lowest BCUT2D eigenvalue weighted by molar-refractivity contribution is 0.0718. The van der Waals surface area contributed by atoms with Crippen LogP contribution < -0.4 is 10.0 Å². The number of nitrogens with zero attached hydrogens (tertiary/aromatic N) is 1. The van der Waals surface area contributed by atoms with Crippen molar-refractivity contribution in [2.45, 2.75) is 37.7 Å². The Bertz CT molecular complexity index is 646. The molecule has 2 rings (SSSR count). The first-order valence-corrected chi connectivity index (χ1v) is 9.68. The van der Waals surface area contributed by atoms with E-state index in [-0.39, 0.29) is 17.0 Å². The summed E-state index contributed by atoms with van der Waals surface area (Å²) in [7, 11) is -3.49. The third-order valence-electron chi connectivity index (χ3n) is 3.70. The van der Waals surface area contributed by atoms with Gasteiger partial charge in [0.25, 0.3) is 0 Å². The number of nitrogens with one attached hydrogen (secondary N) is 2. The Morgan fingerprint density at radius 1 is 1.33 bits per heavy atom. The normalized spacial score (nSPS) is 18.9. The number of amides is 2. The van der Waals surface area contributed by atoms with E-state index >= 15 is 0 Å². The summed E-state index contributed by atoms with van der Waals surface area (Å²) in [5.41, 5.74) is 0.562. The van der Waals surface area contributed by atoms with Crippen molar-refractivity contribution >= 4 is 21.7 Å². The summed E-state index contributed by atoms with van der Waals surface area (Å²) >= 11 is 0. The fraction of sp³-hybridized carbons (Fsp3) is 0.562. The van der Waals surface area contributed by atoms with Crippen LogP contribution in [0.1, 0.15) is 26.7 Å². The van der Waals surface area contributed by atoms with Crippen molar-refractivity contribution in [1.29, 1.82) is 0 Å². The Morgan fingerprint density at radius 3 is 2.71 bits per heavy atom. The van der Waals surface area contributed by atoms with Gasteiger partial charge in [-0.1, -0.05) is 6.92 Å². The van der Waals surface area contributed by atoms with Crippen LogP contribution >= 0.6 is 0 Å². The monoisotopic (exact) mass is 355 g/mol. The summed E-state index contributed by atoms with van der Waals surface area (Å²) in [5.74, 6) is 0. The minimum Gasteiger partial charge on any atom is -0.377 e. The van der Waals surface area contributed by atoms with Crippen LogP contribution in [-0.2, 0) is 14.8 Å². The van der Waals surface area contributed by atoms with Gasteiger partial charge in [0, 0.05) is 31.9 Å². The van der Waals surface area contributed by atoms with Gasteiger partial charge in [-0.2, -0.15) is 0 Å². The van der Waals surface area contributed by atoms with Gasteiger partial charge in [0.2, 0.25) is 10.0 Å². The second kappa shape index (κ2) is 8.46. The second-order valence-electron chi connectivity index (χ2n) is 5.83. The van der Waals surface area contributed by atoms with Gasteiger partial charge in [-0.3, -0.25) is 0 Å². The number of hydrogen-bond acceptors (Lipinski definition) is 4. The van der Waals surface area contributed by atoms with E-state index in [0.717, 1.165) is 12.8 Å². The molecule has 1 atom stereocenters. The smallest absolute Gasteiger partial charge is 0.321 e. The van der Waals surface area contributed by atoms with Gasteiger partial charge < -0.3 is 15.0 Å². The van der Waals surface area contributed by atoms with Crippen LogP contribution in [0.3, 0.4) is 0 Å². The first-order valence-electron chi connectivity index (χ1n) is 8.19. The predicted molar refractivity (Wildman–Crippen MR) is 92.5 cm³/mol. The SMILES string of the molecule is CCCNS(=O)(=O)c1ccc(NC(=O)N2CCCO[C@@H](C)C2)cc1. The van der Waals surface area contributed by atoms with E-state index in [0.29, 0.717) is 31.9 Å². The van der Waals surface area contributed by atoms with Crippen LogP contribution in [0.25, 0.3) is 0 Å². The molecule has 1 aliphatic rings. The van der Waals surface area contributed by atoms with Crippen molar-refractivity contribution in [3.8, 4) is 0 Å². The van der Waals surface area contributed by atoms with Gasteiger partial charge in [-0.15, -0.1) is 0 Å². The van der Waals surface area contributed by atoms with Crippen LogP contribution in [0.4, 0.5) is 10.5 Å². The van der Waals surface area contributed by atoms with Crippen molar-refractivity contribution in [2.75, 3.05) is 31.6 Å². The molecule has 0 saturated carbocycles. The van der Waals surface area contributed by atoms with Crippen LogP contribution in [0.15, 0.2) is 29.2 Å². The maximum atomic E-state index is 12.3. The van der Waals surface area contributed by atoms with Crippen molar-refractivity contribution in [2.24, 2.45) is 0 Å². The lowest BCUT2D eigenvalue weighted by atomic mass is 10.3. The van der Waals surface area contributed by atoms with Gasteiger partial charge in [0.05, 0.1) is 11.0 Å². The summed E-state index contributed by atoms with van der Waals surface area (Å²) in [5, 5.41) is 2.80. The molecule has 7 nitrogen and oxygen atoms in total. The van der Waals surface area contributed by atoms with Gasteiger partial charge in [0.15, 0.2) is 0 Å². The number of sulfonamides is 1. The second-order valence-corrected chi connectivity index (χ2v) is 7.60. The zero-order chi connectivity index (χ0) is 17.6. The van der Waals surface area contributed by atoms with Gasteiger partial charge in [-0.25, -0.2) is 17.9 Å². The molecular weight excluding hydrogens is 330 g/mol. The standard InChI is InChI=1S/C16H25N3O4S/c1-3-9-17-24(21,22)15-7-5-14(6-8-15)18-16(20)19-10-4-11-23-13(2)12-19/h5-8,13,17H,3-4,9-12H2,1-2H3,(H,18,20)/t13-/m0/s1. The van der Waals surface area contributed by atoms with Crippen molar-refractivity contribution in [1.82, 2.24) is 9.62 Å². The third-order valence-corrected chi connectivity index (χ3v) is 5.17. The zero-order valence-electron chi connectivity index (χ0n) is 14.1. The van der Waals surface area contributed by atoms with Crippen molar-refractivity contribution < 1.29 is 17.9 Å². The fourth-order valence-electron chi connectivity index (χ4n) is 2.42. The number of rotatable bonds is 5. The summed E-state index contributed by atoms with van der Waals surface area (Å²) < 4.78 is 32.1. The Hall–Kier alpha value is -1.64. The molecule has 24 heavy (non-hydrogen) atoms. The van der Waals surface area contributed by atoms with Crippen LogP contribution in [0, 0.1) is 0 Å². The molecule has 2 amide bonds. The molecule has 134 valence electrons. The maximum Gasteiger partial charge on any atom is 0.321 e. The Balaban J connectivity index is 1.99. The summed E-state index contributed by atoms with van der Waals surface area (Å²) in [6, 6.07) is 5.96. The average molecular weight is 355 g/mol. The van der Waals surface area contributed by atoms with Crippen LogP contribution in [0.5, 0.6) is 0 Å². The molecule has 1 heterocycles. The predicted octanol–water partition coefficient (Wildman–Crippen LogP) is 2.02. The Labute approximate surface area is 143 Å². The lowest BCUT2D eigenvalue weighted by Gasteiger charge is -2.22. The lowest BCUT2D eigenvalue weighted by Crippen LogP contribution is -2.38. The molecule has 0 aliphatic carbocycles. The molecule has 0 radical (unpaired) electrons. The maximum absolute atomic E-state index is 12.3. The molecule has 0 aromatic heterocycles. The highest BCUT2D eigenvalue weighted by atomic mass is 32.2. The molecule has 2 N–H and O–H groups in total. The first kappa shape index (κ1) is 18.7. The van der Waals surface area contributed by atoms with E-state index in [9.17, 15) is 13.2 Å². The third kappa shape index (κ3) is 5.19. The number of anilines is 1. The molecule has 0 spiro atoms. The minimum atomic E-state index is -3.49. The molecule has 1 saturated heterocycles. The highest BCUT2D eigenvalue weighted by Gasteiger charge is 2.20. The van der Waals surface area contributed by atoms with Crippen LogP contribution in [-0.4, -0.2) is 51.7 Å². The minimum absolute atomic E-state index is 0.00964. The molecular formula is C16H25N3O4S. The fourth-order valence-corrected chi connectivity index (χ4v) is 3.55. The number of urea groups is 1. The van der Waals surface area contributed by atoms with E-state index < -0.39 is 10.0 Å². The van der Waals surface area contributed by atoms with Crippen molar-refractivity contribution in [3.63, 3.8) is 0 Å². The Morgan fingerprint density at radius 2 is 2.04 bits per heavy atom. The number of carbonyl (C=O) groups is 1. The number of benzene rings is 1. The van der Waals surface area contributed by atoms with E-state index in [1.165, 1.54) is 12.1 Å². The topological polar surface area (TPSA) is 87.7 Å². The quantitative estimate of drug-likeness (QED) is 0.846. The first-order chi connectivity index (χ1) is 11.4. The highest BCUT2D eigenvalue weighted by Crippen LogP contribution is 2.15. The molecule has 1 aromatic carbocycles. The van der Waals surface area contributed by atoms with E-state index in [1.807, 2.05) is 13.8 Å². The zero-order valence-corrected chi connectivity index (χ0v) is 14.9. The van der Waals surface area contributed by atoms with E-state index in [2.05, 4.69) is 10.0 Å². The van der Waals surface area contributed by atoms with E-state index in [4.69, 9.17) is 4.74 Å². The van der Waals surface area contributed by atoms with Crippen molar-refractivity contribution in [3.05, 3.63) is 24.3 Å². The molecule has 1 aliphatic heterocycles. The molecule has 0 unspecified atom stereocenters. The van der Waals surface area contributed by atoms with Crippen LogP contribution in [0.2, 0.25) is 0 Å². The number of ether oxygens (including phenoxy) is 1. The average Bonchev–Trinajstić information content (AvgIpc) is 2.78. The number of hydrogen-bond donors (Lipinski definition) is 2. The summed E-state index contributed by atoms with van der Waals surface area (Å²) in [6.07, 6.45) is 1.54. The van der Waals surface area contributed by atoms with Gasteiger partial charge in [-0.05, 0) is 44.0 Å². The largest absolute Gasteiger partial charge is 0.377 e. The molecule has 0 bridgehead atoms. The van der Waals surface area contributed by atoms with Gasteiger partial charge in [0.1, 0.15) is 0 Å². The number of carbonyl (C=O) groups excluding carboxylic acids is 1. The molecule has 1 fully saturated rings. The van der Waals surface area contributed by atoms with E-state index in [1.54, 1.807) is 17.0 Å². The summed E-state index contributed by atoms with van der Waals surface area (Å²) in [4.78, 5) is 14.2. The molecule has 8 heteroatoms. The highest BCUT2D eigenvalue weighted by molar-refractivity contribution is 7.89.